The van der Waals surface area contributed by atoms with E-state index >= 15 is 0 Å². The zero-order chi connectivity index (χ0) is 8.27. The third-order valence-electron chi connectivity index (χ3n) is 3.08. The largest absolute Gasteiger partial charge is 0.162 e. The van der Waals surface area contributed by atoms with Crippen molar-refractivity contribution in [3.63, 3.8) is 0 Å². The minimum Gasteiger partial charge on any atom is -0.162 e. The van der Waals surface area contributed by atoms with Gasteiger partial charge in [0.05, 0.1) is 0 Å². The molecule has 3 atom stereocenters. The monoisotopic (exact) mass is 172 g/mol. The molecule has 1 heterocycles. The van der Waals surface area contributed by atoms with E-state index in [4.69, 9.17) is 0 Å². The fourth-order valence-corrected chi connectivity index (χ4v) is 3.27. The van der Waals surface area contributed by atoms with Crippen molar-refractivity contribution < 1.29 is 0 Å². The van der Waals surface area contributed by atoms with Crippen molar-refractivity contribution >= 4 is 11.8 Å². The van der Waals surface area contributed by atoms with Crippen molar-refractivity contribution in [2.75, 3.05) is 11.5 Å². The van der Waals surface area contributed by atoms with E-state index in [1.54, 1.807) is 0 Å². The Hall–Kier alpha value is 0.350. The van der Waals surface area contributed by atoms with Crippen LogP contribution in [0.2, 0.25) is 0 Å². The fourth-order valence-electron chi connectivity index (χ4n) is 2.04. The van der Waals surface area contributed by atoms with Crippen LogP contribution in [-0.2, 0) is 0 Å². The molecule has 1 saturated heterocycles. The van der Waals surface area contributed by atoms with Gasteiger partial charge in [-0.3, -0.25) is 0 Å². The highest BCUT2D eigenvalue weighted by Gasteiger charge is 2.25. The van der Waals surface area contributed by atoms with E-state index in [9.17, 15) is 0 Å². The first-order valence-electron chi connectivity index (χ1n) is 4.83. The Bertz CT molecular complexity index is 107. The molecule has 0 nitrogen and oxygen atoms in total. The maximum atomic E-state index is 2.42. The van der Waals surface area contributed by atoms with Crippen LogP contribution in [-0.4, -0.2) is 11.5 Å². The number of thioether (sulfide) groups is 1. The molecule has 0 amide bonds. The van der Waals surface area contributed by atoms with E-state index in [0.717, 1.165) is 17.8 Å². The normalized spacial score (nSPS) is 35.2. The van der Waals surface area contributed by atoms with E-state index in [1.165, 1.54) is 24.3 Å². The Morgan fingerprint density at radius 1 is 1.55 bits per heavy atom. The van der Waals surface area contributed by atoms with E-state index < -0.39 is 0 Å². The Morgan fingerprint density at radius 2 is 2.27 bits per heavy atom. The van der Waals surface area contributed by atoms with Gasteiger partial charge in [-0.25, -0.2) is 0 Å². The van der Waals surface area contributed by atoms with Crippen LogP contribution in [0, 0.1) is 17.8 Å². The molecule has 1 aliphatic rings. The van der Waals surface area contributed by atoms with Gasteiger partial charge in [0.15, 0.2) is 0 Å². The predicted molar refractivity (Wildman–Crippen MR) is 54.1 cm³/mol. The molecule has 0 radical (unpaired) electrons. The van der Waals surface area contributed by atoms with Crippen LogP contribution >= 0.6 is 11.8 Å². The van der Waals surface area contributed by atoms with Crippen LogP contribution in [0.4, 0.5) is 0 Å². The van der Waals surface area contributed by atoms with Gasteiger partial charge in [0.2, 0.25) is 0 Å². The molecule has 0 aliphatic carbocycles. The zero-order valence-electron chi connectivity index (χ0n) is 7.97. The van der Waals surface area contributed by atoms with Crippen molar-refractivity contribution in [3.8, 4) is 0 Å². The van der Waals surface area contributed by atoms with Crippen LogP contribution in [0.3, 0.4) is 0 Å². The third kappa shape index (κ3) is 2.40. The first-order valence-corrected chi connectivity index (χ1v) is 5.99. The third-order valence-corrected chi connectivity index (χ3v) is 4.37. The second-order valence-corrected chi connectivity index (χ2v) is 5.04. The first kappa shape index (κ1) is 9.44. The van der Waals surface area contributed by atoms with Crippen LogP contribution in [0.5, 0.6) is 0 Å². The van der Waals surface area contributed by atoms with Gasteiger partial charge in [0.25, 0.3) is 0 Å². The van der Waals surface area contributed by atoms with Crippen molar-refractivity contribution in [3.05, 3.63) is 0 Å². The summed E-state index contributed by atoms with van der Waals surface area (Å²) in [6, 6.07) is 0. The average molecular weight is 172 g/mol. The first-order chi connectivity index (χ1) is 5.25. The van der Waals surface area contributed by atoms with Crippen LogP contribution in [0.1, 0.15) is 33.6 Å². The summed E-state index contributed by atoms with van der Waals surface area (Å²) in [5.74, 6) is 5.73. The molecule has 1 heteroatoms. The highest BCUT2D eigenvalue weighted by atomic mass is 32.2. The summed E-state index contributed by atoms with van der Waals surface area (Å²) >= 11 is 2.13. The smallest absolute Gasteiger partial charge is 0.00390 e. The van der Waals surface area contributed by atoms with Crippen molar-refractivity contribution in [2.24, 2.45) is 17.8 Å². The van der Waals surface area contributed by atoms with Crippen LogP contribution < -0.4 is 0 Å². The maximum absolute atomic E-state index is 2.42. The molecule has 3 unspecified atom stereocenters. The second kappa shape index (κ2) is 4.39. The number of rotatable bonds is 2. The summed E-state index contributed by atoms with van der Waals surface area (Å²) in [6.07, 6.45) is 2.82. The second-order valence-electron chi connectivity index (χ2n) is 3.89. The molecule has 1 rings (SSSR count). The molecular formula is C10H20S. The lowest BCUT2D eigenvalue weighted by Gasteiger charge is -2.32. The number of hydrogen-bond acceptors (Lipinski definition) is 1. The minimum atomic E-state index is 0.950. The molecular weight excluding hydrogens is 152 g/mol. The van der Waals surface area contributed by atoms with Gasteiger partial charge >= 0.3 is 0 Å². The van der Waals surface area contributed by atoms with Crippen molar-refractivity contribution in [1.82, 2.24) is 0 Å². The zero-order valence-corrected chi connectivity index (χ0v) is 8.79. The van der Waals surface area contributed by atoms with Gasteiger partial charge in [-0.2, -0.15) is 11.8 Å². The molecule has 1 aliphatic heterocycles. The molecule has 0 aromatic heterocycles. The Kier molecular flexibility index (Phi) is 3.77. The Morgan fingerprint density at radius 3 is 2.82 bits per heavy atom. The predicted octanol–water partition coefficient (Wildman–Crippen LogP) is 3.42. The van der Waals surface area contributed by atoms with Gasteiger partial charge in [-0.1, -0.05) is 27.2 Å². The molecule has 0 saturated carbocycles. The highest BCUT2D eigenvalue weighted by molar-refractivity contribution is 7.99. The van der Waals surface area contributed by atoms with E-state index in [2.05, 4.69) is 32.5 Å². The summed E-state index contributed by atoms with van der Waals surface area (Å²) < 4.78 is 0. The number of hydrogen-bond donors (Lipinski definition) is 0. The molecule has 66 valence electrons. The Labute approximate surface area is 75.1 Å². The van der Waals surface area contributed by atoms with E-state index in [-0.39, 0.29) is 0 Å². The molecule has 0 N–H and O–H groups in total. The van der Waals surface area contributed by atoms with E-state index in [1.807, 2.05) is 0 Å². The SMILES string of the molecule is CCC(C)C1CCSCC1C. The lowest BCUT2D eigenvalue weighted by atomic mass is 9.81. The van der Waals surface area contributed by atoms with Gasteiger partial charge < -0.3 is 0 Å². The van der Waals surface area contributed by atoms with Crippen LogP contribution in [0.25, 0.3) is 0 Å². The molecule has 1 fully saturated rings. The van der Waals surface area contributed by atoms with Crippen LogP contribution in [0.15, 0.2) is 0 Å². The molecule has 11 heavy (non-hydrogen) atoms. The molecule has 0 aromatic rings. The van der Waals surface area contributed by atoms with Gasteiger partial charge in [-0.05, 0) is 35.7 Å². The van der Waals surface area contributed by atoms with Gasteiger partial charge in [-0.15, -0.1) is 0 Å². The summed E-state index contributed by atoms with van der Waals surface area (Å²) in [4.78, 5) is 0. The minimum absolute atomic E-state index is 0.950. The topological polar surface area (TPSA) is 0 Å². The van der Waals surface area contributed by atoms with Gasteiger partial charge in [0, 0.05) is 0 Å². The van der Waals surface area contributed by atoms with E-state index in [0.29, 0.717) is 0 Å². The summed E-state index contributed by atoms with van der Waals surface area (Å²) in [5, 5.41) is 0. The van der Waals surface area contributed by atoms with Crippen molar-refractivity contribution in [2.45, 2.75) is 33.6 Å². The Balaban J connectivity index is 2.40. The summed E-state index contributed by atoms with van der Waals surface area (Å²) in [7, 11) is 0. The molecule has 0 bridgehead atoms. The summed E-state index contributed by atoms with van der Waals surface area (Å²) in [6.45, 7) is 7.15. The van der Waals surface area contributed by atoms with Gasteiger partial charge in [0.1, 0.15) is 0 Å². The molecule has 0 spiro atoms. The maximum Gasteiger partial charge on any atom is -0.00390 e. The highest BCUT2D eigenvalue weighted by Crippen LogP contribution is 2.34. The standard InChI is InChI=1S/C10H20S/c1-4-8(2)10-5-6-11-7-9(10)3/h8-10H,4-7H2,1-3H3. The van der Waals surface area contributed by atoms with Crippen molar-refractivity contribution in [1.29, 1.82) is 0 Å². The molecule has 0 aromatic carbocycles. The lowest BCUT2D eigenvalue weighted by Crippen LogP contribution is -2.25. The lowest BCUT2D eigenvalue weighted by molar-refractivity contribution is 0.255. The summed E-state index contributed by atoms with van der Waals surface area (Å²) in [5.41, 5.74) is 0. The fraction of sp³-hybridized carbons (Fsp3) is 1.00. The quantitative estimate of drug-likeness (QED) is 0.615. The average Bonchev–Trinajstić information content (AvgIpc) is 2.04.